The summed E-state index contributed by atoms with van der Waals surface area (Å²) in [6.07, 6.45) is 4.65. The van der Waals surface area contributed by atoms with E-state index >= 15 is 0 Å². The van der Waals surface area contributed by atoms with Gasteiger partial charge < -0.3 is 9.88 Å². The first-order valence-electron chi connectivity index (χ1n) is 6.69. The third-order valence-electron chi connectivity index (χ3n) is 3.83. The summed E-state index contributed by atoms with van der Waals surface area (Å²) in [4.78, 5) is 2.51. The van der Waals surface area contributed by atoms with Gasteiger partial charge in [-0.1, -0.05) is 6.92 Å². The van der Waals surface area contributed by atoms with Crippen LogP contribution in [0.3, 0.4) is 0 Å². The second-order valence-electron chi connectivity index (χ2n) is 5.18. The van der Waals surface area contributed by atoms with Crippen molar-refractivity contribution in [3.05, 3.63) is 12.2 Å². The number of hydrogen-bond donors (Lipinski definition) is 1. The zero-order chi connectivity index (χ0) is 11.7. The number of aromatic nitrogens is 3. The molecule has 1 aliphatic carbocycles. The Morgan fingerprint density at radius 1 is 1.47 bits per heavy atom. The van der Waals surface area contributed by atoms with E-state index < -0.39 is 0 Å². The second kappa shape index (κ2) is 4.74. The van der Waals surface area contributed by atoms with Crippen LogP contribution in [0.5, 0.6) is 0 Å². The minimum atomic E-state index is 0.675. The third kappa shape index (κ3) is 2.50. The molecule has 0 aromatic carbocycles. The molecular weight excluding hydrogens is 214 g/mol. The summed E-state index contributed by atoms with van der Waals surface area (Å²) in [5.41, 5.74) is 0. The first kappa shape index (κ1) is 11.2. The van der Waals surface area contributed by atoms with Gasteiger partial charge >= 0.3 is 0 Å². The van der Waals surface area contributed by atoms with Crippen molar-refractivity contribution in [2.45, 2.75) is 38.9 Å². The SMILES string of the molecule is CCNC(CN1CCn2cnnc2C1)C1CC1. The molecule has 1 aromatic heterocycles. The van der Waals surface area contributed by atoms with E-state index in [1.165, 1.54) is 12.8 Å². The number of nitrogens with zero attached hydrogens (tertiary/aromatic N) is 4. The zero-order valence-electron chi connectivity index (χ0n) is 10.5. The van der Waals surface area contributed by atoms with Crippen molar-refractivity contribution < 1.29 is 0 Å². The maximum absolute atomic E-state index is 4.17. The van der Waals surface area contributed by atoms with Crippen molar-refractivity contribution in [3.63, 3.8) is 0 Å². The third-order valence-corrected chi connectivity index (χ3v) is 3.83. The van der Waals surface area contributed by atoms with Crippen LogP contribution in [0.4, 0.5) is 0 Å². The Balaban J connectivity index is 1.58. The van der Waals surface area contributed by atoms with Crippen LogP contribution in [-0.2, 0) is 13.1 Å². The second-order valence-corrected chi connectivity index (χ2v) is 5.18. The van der Waals surface area contributed by atoms with Crippen molar-refractivity contribution in [1.82, 2.24) is 25.0 Å². The molecule has 1 aromatic rings. The van der Waals surface area contributed by atoms with Gasteiger partial charge in [0.15, 0.2) is 0 Å². The summed E-state index contributed by atoms with van der Waals surface area (Å²) in [5.74, 6) is 2.03. The molecule has 5 nitrogen and oxygen atoms in total. The lowest BCUT2D eigenvalue weighted by atomic mass is 10.1. The fraction of sp³-hybridized carbons (Fsp3) is 0.833. The lowest BCUT2D eigenvalue weighted by Gasteiger charge is -2.30. The molecule has 0 amide bonds. The molecule has 3 rings (SSSR count). The average molecular weight is 235 g/mol. The molecule has 5 heteroatoms. The van der Waals surface area contributed by atoms with Crippen molar-refractivity contribution >= 4 is 0 Å². The average Bonchev–Trinajstić information content (AvgIpc) is 3.07. The molecule has 1 fully saturated rings. The van der Waals surface area contributed by atoms with E-state index in [9.17, 15) is 0 Å². The monoisotopic (exact) mass is 235 g/mol. The van der Waals surface area contributed by atoms with E-state index in [4.69, 9.17) is 0 Å². The number of nitrogens with one attached hydrogen (secondary N) is 1. The number of rotatable bonds is 5. The predicted octanol–water partition coefficient (Wildman–Crippen LogP) is 0.482. The predicted molar refractivity (Wildman–Crippen MR) is 65.5 cm³/mol. The Labute approximate surface area is 102 Å². The highest BCUT2D eigenvalue weighted by Crippen LogP contribution is 2.33. The van der Waals surface area contributed by atoms with Gasteiger partial charge in [0.2, 0.25) is 0 Å². The van der Waals surface area contributed by atoms with Gasteiger partial charge in [-0.2, -0.15) is 0 Å². The van der Waals surface area contributed by atoms with Crippen molar-refractivity contribution in [2.24, 2.45) is 5.92 Å². The van der Waals surface area contributed by atoms with Gasteiger partial charge in [0, 0.05) is 25.7 Å². The molecule has 94 valence electrons. The van der Waals surface area contributed by atoms with E-state index in [0.29, 0.717) is 6.04 Å². The van der Waals surface area contributed by atoms with Gasteiger partial charge in [0.05, 0.1) is 6.54 Å². The van der Waals surface area contributed by atoms with Gasteiger partial charge in [-0.05, 0) is 25.3 Å². The Hall–Kier alpha value is -0.940. The molecule has 1 aliphatic heterocycles. The minimum Gasteiger partial charge on any atom is -0.315 e. The van der Waals surface area contributed by atoms with E-state index in [1.807, 2.05) is 6.33 Å². The number of likely N-dealkylation sites (N-methyl/N-ethyl adjacent to an activating group) is 1. The smallest absolute Gasteiger partial charge is 0.147 e. The Bertz CT molecular complexity index is 371. The van der Waals surface area contributed by atoms with Crippen LogP contribution in [0, 0.1) is 5.92 Å². The molecular formula is C12H21N5. The fourth-order valence-corrected chi connectivity index (χ4v) is 2.69. The van der Waals surface area contributed by atoms with Gasteiger partial charge in [-0.15, -0.1) is 10.2 Å². The highest BCUT2D eigenvalue weighted by atomic mass is 15.3. The summed E-state index contributed by atoms with van der Waals surface area (Å²) in [6, 6.07) is 0.675. The Morgan fingerprint density at radius 2 is 2.35 bits per heavy atom. The molecule has 17 heavy (non-hydrogen) atoms. The largest absolute Gasteiger partial charge is 0.315 e. The molecule has 0 saturated heterocycles. The van der Waals surface area contributed by atoms with E-state index in [0.717, 1.165) is 44.5 Å². The van der Waals surface area contributed by atoms with Crippen LogP contribution >= 0.6 is 0 Å². The highest BCUT2D eigenvalue weighted by molar-refractivity contribution is 4.93. The number of fused-ring (bicyclic) bond motifs is 1. The van der Waals surface area contributed by atoms with Crippen LogP contribution in [0.15, 0.2) is 6.33 Å². The summed E-state index contributed by atoms with van der Waals surface area (Å²) >= 11 is 0. The van der Waals surface area contributed by atoms with Gasteiger partial charge in [-0.3, -0.25) is 4.90 Å². The van der Waals surface area contributed by atoms with Crippen LogP contribution < -0.4 is 5.32 Å². The molecule has 0 spiro atoms. The van der Waals surface area contributed by atoms with Crippen LogP contribution in [0.2, 0.25) is 0 Å². The Morgan fingerprint density at radius 3 is 3.12 bits per heavy atom. The Kier molecular flexibility index (Phi) is 3.11. The first-order valence-corrected chi connectivity index (χ1v) is 6.69. The molecule has 1 atom stereocenters. The molecule has 0 bridgehead atoms. The van der Waals surface area contributed by atoms with Crippen LogP contribution in [0.1, 0.15) is 25.6 Å². The molecule has 2 heterocycles. The minimum absolute atomic E-state index is 0.675. The number of hydrogen-bond acceptors (Lipinski definition) is 4. The zero-order valence-corrected chi connectivity index (χ0v) is 10.5. The quantitative estimate of drug-likeness (QED) is 0.806. The lowest BCUT2D eigenvalue weighted by Crippen LogP contribution is -2.45. The molecule has 0 radical (unpaired) electrons. The normalized spacial score (nSPS) is 22.4. The van der Waals surface area contributed by atoms with Gasteiger partial charge in [0.25, 0.3) is 0 Å². The summed E-state index contributed by atoms with van der Waals surface area (Å²) in [5, 5.41) is 11.8. The summed E-state index contributed by atoms with van der Waals surface area (Å²) in [7, 11) is 0. The van der Waals surface area contributed by atoms with E-state index in [1.54, 1.807) is 0 Å². The van der Waals surface area contributed by atoms with Gasteiger partial charge in [0.1, 0.15) is 12.2 Å². The van der Waals surface area contributed by atoms with E-state index in [-0.39, 0.29) is 0 Å². The molecule has 1 saturated carbocycles. The van der Waals surface area contributed by atoms with Gasteiger partial charge in [-0.25, -0.2) is 0 Å². The van der Waals surface area contributed by atoms with E-state index in [2.05, 4.69) is 31.9 Å². The first-order chi connectivity index (χ1) is 8.36. The molecule has 1 unspecified atom stereocenters. The highest BCUT2D eigenvalue weighted by Gasteiger charge is 2.32. The summed E-state index contributed by atoms with van der Waals surface area (Å²) < 4.78 is 2.16. The summed E-state index contributed by atoms with van der Waals surface area (Å²) in [6.45, 7) is 7.54. The van der Waals surface area contributed by atoms with Crippen LogP contribution in [0.25, 0.3) is 0 Å². The lowest BCUT2D eigenvalue weighted by molar-refractivity contribution is 0.187. The van der Waals surface area contributed by atoms with Crippen molar-refractivity contribution in [3.8, 4) is 0 Å². The van der Waals surface area contributed by atoms with Crippen molar-refractivity contribution in [2.75, 3.05) is 19.6 Å². The maximum atomic E-state index is 4.17. The molecule has 1 N–H and O–H groups in total. The standard InChI is InChI=1S/C12H21N5/c1-2-13-11(10-3-4-10)7-16-5-6-17-9-14-15-12(17)8-16/h9-11,13H,2-8H2,1H3. The molecule has 2 aliphatic rings. The topological polar surface area (TPSA) is 46.0 Å². The fourth-order valence-electron chi connectivity index (χ4n) is 2.69. The van der Waals surface area contributed by atoms with Crippen LogP contribution in [-0.4, -0.2) is 45.3 Å². The maximum Gasteiger partial charge on any atom is 0.147 e. The van der Waals surface area contributed by atoms with Crippen molar-refractivity contribution in [1.29, 1.82) is 0 Å².